The summed E-state index contributed by atoms with van der Waals surface area (Å²) in [5.41, 5.74) is 2.17. The first-order valence-electron chi connectivity index (χ1n) is 8.11. The molecular weight excluding hydrogens is 306 g/mol. The van der Waals surface area contributed by atoms with Crippen molar-refractivity contribution in [1.82, 2.24) is 14.8 Å². The fourth-order valence-electron chi connectivity index (χ4n) is 3.09. The standard InChI is InChI=1S/C18H23N3OS/c1-14-12-17(15(2)23-14)13-20-8-3-9-21(11-10-20)18(22)16-4-6-19-7-5-16/h4-7,12H,3,8-11,13H2,1-2H3. The van der Waals surface area contributed by atoms with E-state index >= 15 is 0 Å². The van der Waals surface area contributed by atoms with E-state index in [-0.39, 0.29) is 5.91 Å². The Morgan fingerprint density at radius 2 is 1.96 bits per heavy atom. The van der Waals surface area contributed by atoms with Gasteiger partial charge in [0.05, 0.1) is 0 Å². The van der Waals surface area contributed by atoms with Crippen LogP contribution in [-0.4, -0.2) is 46.9 Å². The molecule has 2 aromatic rings. The van der Waals surface area contributed by atoms with Crippen molar-refractivity contribution in [3.8, 4) is 0 Å². The van der Waals surface area contributed by atoms with Crippen LogP contribution in [0, 0.1) is 13.8 Å². The van der Waals surface area contributed by atoms with E-state index in [1.54, 1.807) is 24.5 Å². The zero-order valence-electron chi connectivity index (χ0n) is 13.8. The summed E-state index contributed by atoms with van der Waals surface area (Å²) in [5.74, 6) is 0.122. The first-order valence-corrected chi connectivity index (χ1v) is 8.92. The molecule has 1 saturated heterocycles. The molecule has 0 spiro atoms. The first-order chi connectivity index (χ1) is 11.1. The molecule has 0 radical (unpaired) electrons. The Kier molecular flexibility index (Phi) is 5.08. The maximum Gasteiger partial charge on any atom is 0.254 e. The molecule has 5 heteroatoms. The second kappa shape index (κ2) is 7.23. The SMILES string of the molecule is Cc1cc(CN2CCCN(C(=O)c3ccncc3)CC2)c(C)s1. The van der Waals surface area contributed by atoms with Gasteiger partial charge in [0.1, 0.15) is 0 Å². The summed E-state index contributed by atoms with van der Waals surface area (Å²) in [5, 5.41) is 0. The van der Waals surface area contributed by atoms with Gasteiger partial charge in [-0.15, -0.1) is 11.3 Å². The lowest BCUT2D eigenvalue weighted by atomic mass is 10.2. The van der Waals surface area contributed by atoms with Crippen LogP contribution in [0.15, 0.2) is 30.6 Å². The maximum absolute atomic E-state index is 12.6. The largest absolute Gasteiger partial charge is 0.337 e. The molecule has 0 aliphatic carbocycles. The summed E-state index contributed by atoms with van der Waals surface area (Å²) in [6.07, 6.45) is 4.39. The van der Waals surface area contributed by atoms with E-state index in [9.17, 15) is 4.79 Å². The molecular formula is C18H23N3OS. The molecule has 0 saturated carbocycles. The fraction of sp³-hybridized carbons (Fsp3) is 0.444. The van der Waals surface area contributed by atoms with Crippen molar-refractivity contribution in [2.75, 3.05) is 26.2 Å². The lowest BCUT2D eigenvalue weighted by Gasteiger charge is -2.22. The highest BCUT2D eigenvalue weighted by Crippen LogP contribution is 2.22. The highest BCUT2D eigenvalue weighted by atomic mass is 32.1. The highest BCUT2D eigenvalue weighted by molar-refractivity contribution is 7.12. The summed E-state index contributed by atoms with van der Waals surface area (Å²) in [6, 6.07) is 5.88. The molecule has 23 heavy (non-hydrogen) atoms. The Morgan fingerprint density at radius 3 is 2.65 bits per heavy atom. The van der Waals surface area contributed by atoms with Gasteiger partial charge in [-0.25, -0.2) is 0 Å². The quantitative estimate of drug-likeness (QED) is 0.868. The fourth-order valence-corrected chi connectivity index (χ4v) is 4.03. The van der Waals surface area contributed by atoms with Gasteiger partial charge in [-0.05, 0) is 44.0 Å². The van der Waals surface area contributed by atoms with E-state index in [1.807, 2.05) is 16.2 Å². The third-order valence-corrected chi connectivity index (χ3v) is 5.35. The lowest BCUT2D eigenvalue weighted by molar-refractivity contribution is 0.0761. The minimum atomic E-state index is 0.122. The summed E-state index contributed by atoms with van der Waals surface area (Å²) < 4.78 is 0. The van der Waals surface area contributed by atoms with Crippen molar-refractivity contribution in [2.45, 2.75) is 26.8 Å². The Balaban J connectivity index is 1.61. The van der Waals surface area contributed by atoms with Crippen LogP contribution < -0.4 is 0 Å². The maximum atomic E-state index is 12.6. The van der Waals surface area contributed by atoms with Crippen molar-refractivity contribution in [3.63, 3.8) is 0 Å². The number of carbonyl (C=O) groups is 1. The average Bonchev–Trinajstić information content (AvgIpc) is 2.75. The normalized spacial score (nSPS) is 16.3. The number of hydrogen-bond acceptors (Lipinski definition) is 4. The Morgan fingerprint density at radius 1 is 1.17 bits per heavy atom. The van der Waals surface area contributed by atoms with E-state index in [0.29, 0.717) is 0 Å². The number of amides is 1. The number of aromatic nitrogens is 1. The molecule has 2 aromatic heterocycles. The molecule has 3 heterocycles. The smallest absolute Gasteiger partial charge is 0.254 e. The van der Waals surface area contributed by atoms with Crippen LogP contribution >= 0.6 is 11.3 Å². The molecule has 1 amide bonds. The monoisotopic (exact) mass is 329 g/mol. The Bertz CT molecular complexity index is 668. The third-order valence-electron chi connectivity index (χ3n) is 4.34. The Labute approximate surface area is 141 Å². The number of carbonyl (C=O) groups excluding carboxylic acids is 1. The third kappa shape index (κ3) is 3.98. The summed E-state index contributed by atoms with van der Waals surface area (Å²) >= 11 is 1.87. The molecule has 3 rings (SSSR count). The molecule has 122 valence electrons. The predicted molar refractivity (Wildman–Crippen MR) is 93.8 cm³/mol. The number of hydrogen-bond donors (Lipinski definition) is 0. The van der Waals surface area contributed by atoms with Crippen molar-refractivity contribution in [2.24, 2.45) is 0 Å². The molecule has 4 nitrogen and oxygen atoms in total. The summed E-state index contributed by atoms with van der Waals surface area (Å²) in [4.78, 5) is 23.8. The second-order valence-electron chi connectivity index (χ2n) is 6.10. The van der Waals surface area contributed by atoms with Gasteiger partial charge in [-0.1, -0.05) is 0 Å². The number of thiophene rings is 1. The van der Waals surface area contributed by atoms with Gasteiger partial charge in [0, 0.05) is 60.4 Å². The zero-order chi connectivity index (χ0) is 16.2. The Hall–Kier alpha value is -1.72. The first kappa shape index (κ1) is 16.1. The van der Waals surface area contributed by atoms with Gasteiger partial charge in [-0.2, -0.15) is 0 Å². The average molecular weight is 329 g/mol. The van der Waals surface area contributed by atoms with Crippen molar-refractivity contribution >= 4 is 17.2 Å². The minimum absolute atomic E-state index is 0.122. The number of nitrogens with zero attached hydrogens (tertiary/aromatic N) is 3. The van der Waals surface area contributed by atoms with Gasteiger partial charge >= 0.3 is 0 Å². The highest BCUT2D eigenvalue weighted by Gasteiger charge is 2.20. The van der Waals surface area contributed by atoms with Gasteiger partial charge in [0.2, 0.25) is 0 Å². The van der Waals surface area contributed by atoms with Gasteiger partial charge < -0.3 is 4.90 Å². The minimum Gasteiger partial charge on any atom is -0.337 e. The topological polar surface area (TPSA) is 36.4 Å². The van der Waals surface area contributed by atoms with Crippen molar-refractivity contribution in [3.05, 3.63) is 51.5 Å². The number of rotatable bonds is 3. The predicted octanol–water partition coefficient (Wildman–Crippen LogP) is 3.11. The summed E-state index contributed by atoms with van der Waals surface area (Å²) in [6.45, 7) is 8.97. The van der Waals surface area contributed by atoms with Crippen LogP contribution in [0.5, 0.6) is 0 Å². The van der Waals surface area contributed by atoms with Crippen LogP contribution in [0.25, 0.3) is 0 Å². The van der Waals surface area contributed by atoms with Crippen LogP contribution in [0.2, 0.25) is 0 Å². The van der Waals surface area contributed by atoms with Crippen molar-refractivity contribution < 1.29 is 4.79 Å². The van der Waals surface area contributed by atoms with Crippen LogP contribution in [0.3, 0.4) is 0 Å². The van der Waals surface area contributed by atoms with Gasteiger partial charge in [-0.3, -0.25) is 14.7 Å². The van der Waals surface area contributed by atoms with Gasteiger partial charge in [0.15, 0.2) is 0 Å². The number of aryl methyl sites for hydroxylation is 2. The molecule has 1 aliphatic heterocycles. The van der Waals surface area contributed by atoms with Crippen molar-refractivity contribution in [1.29, 1.82) is 0 Å². The molecule has 0 N–H and O–H groups in total. The van der Waals surface area contributed by atoms with Crippen LogP contribution in [0.4, 0.5) is 0 Å². The van der Waals surface area contributed by atoms with Crippen LogP contribution in [0.1, 0.15) is 32.1 Å². The van der Waals surface area contributed by atoms with E-state index < -0.39 is 0 Å². The van der Waals surface area contributed by atoms with E-state index in [0.717, 1.165) is 44.7 Å². The molecule has 1 fully saturated rings. The van der Waals surface area contributed by atoms with E-state index in [2.05, 4.69) is 29.8 Å². The number of pyridine rings is 1. The molecule has 1 aliphatic rings. The molecule has 0 bridgehead atoms. The van der Waals surface area contributed by atoms with Gasteiger partial charge in [0.25, 0.3) is 5.91 Å². The van der Waals surface area contributed by atoms with E-state index in [4.69, 9.17) is 0 Å². The second-order valence-corrected chi connectivity index (χ2v) is 7.56. The van der Waals surface area contributed by atoms with E-state index in [1.165, 1.54) is 15.3 Å². The molecule has 0 atom stereocenters. The molecule has 0 aromatic carbocycles. The lowest BCUT2D eigenvalue weighted by Crippen LogP contribution is -2.35. The van der Waals surface area contributed by atoms with Crippen LogP contribution in [-0.2, 0) is 6.54 Å². The summed E-state index contributed by atoms with van der Waals surface area (Å²) in [7, 11) is 0. The molecule has 0 unspecified atom stereocenters. The zero-order valence-corrected chi connectivity index (χ0v) is 14.6.